The molecule has 0 fully saturated rings. The molecule has 0 aliphatic carbocycles. The minimum absolute atomic E-state index is 0.562. The van der Waals surface area contributed by atoms with Crippen LogP contribution in [0.15, 0.2) is 6.07 Å². The molecule has 0 amide bonds. The lowest BCUT2D eigenvalue weighted by Gasteiger charge is -2.45. The van der Waals surface area contributed by atoms with Gasteiger partial charge in [0.1, 0.15) is 28.2 Å². The van der Waals surface area contributed by atoms with Crippen LogP contribution in [0.2, 0.25) is 39.3 Å². The van der Waals surface area contributed by atoms with Crippen molar-refractivity contribution in [1.82, 2.24) is 4.98 Å². The normalized spacial score (nSPS) is 11.8. The van der Waals surface area contributed by atoms with E-state index in [4.69, 9.17) is 5.26 Å². The molecule has 4 nitrogen and oxygen atoms in total. The number of nitrogens with zero attached hydrogens (tertiary/aromatic N) is 3. The Balaban J connectivity index is 3.28. The molecule has 6 heteroatoms. The molecular formula is C15H26N4Si2. The smallest absolute Gasteiger partial charge is 0.139 e. The largest absolute Gasteiger partial charge is 0.411 e. The van der Waals surface area contributed by atoms with E-state index in [0.717, 1.165) is 18.7 Å². The third-order valence-electron chi connectivity index (χ3n) is 3.30. The predicted molar refractivity (Wildman–Crippen MR) is 93.2 cm³/mol. The maximum atomic E-state index is 9.20. The standard InChI is InChI=1S/C15H26N4Si2/c1-20(2,3)19(21(4,5)6)15-13(9-7-8-10-16)11-14(12-17)18-15/h11,18H,7-9H2,1-6H3. The first-order chi connectivity index (χ1) is 9.61. The summed E-state index contributed by atoms with van der Waals surface area (Å²) in [6, 6.07) is 6.37. The Labute approximate surface area is 130 Å². The SMILES string of the molecule is C[Si](C)(C)N(c1[nH]c(C#N)cc1CCCC#N)[Si](C)(C)C. The number of rotatable bonds is 6. The van der Waals surface area contributed by atoms with E-state index in [1.807, 2.05) is 6.07 Å². The molecule has 1 N–H and O–H groups in total. The van der Waals surface area contributed by atoms with E-state index in [0.29, 0.717) is 12.1 Å². The van der Waals surface area contributed by atoms with Crippen molar-refractivity contribution in [1.29, 1.82) is 10.5 Å². The zero-order valence-corrected chi connectivity index (χ0v) is 16.0. The number of aromatic nitrogens is 1. The van der Waals surface area contributed by atoms with E-state index >= 15 is 0 Å². The van der Waals surface area contributed by atoms with Crippen LogP contribution in [0, 0.1) is 22.7 Å². The Morgan fingerprint density at radius 3 is 2.10 bits per heavy atom. The minimum atomic E-state index is -1.55. The number of hydrogen-bond donors (Lipinski definition) is 1. The van der Waals surface area contributed by atoms with Gasteiger partial charge in [-0.1, -0.05) is 39.3 Å². The number of aromatic amines is 1. The second-order valence-corrected chi connectivity index (χ2v) is 17.4. The van der Waals surface area contributed by atoms with Gasteiger partial charge in [0.05, 0.1) is 11.9 Å². The Hall–Kier alpha value is -1.51. The minimum Gasteiger partial charge on any atom is -0.411 e. The van der Waals surface area contributed by atoms with Gasteiger partial charge in [-0.25, -0.2) is 0 Å². The fourth-order valence-electron chi connectivity index (χ4n) is 2.97. The first-order valence-corrected chi connectivity index (χ1v) is 14.3. The highest BCUT2D eigenvalue weighted by Crippen LogP contribution is 2.32. The van der Waals surface area contributed by atoms with Crippen LogP contribution in [0.25, 0.3) is 0 Å². The molecule has 0 unspecified atom stereocenters. The Morgan fingerprint density at radius 2 is 1.67 bits per heavy atom. The average molecular weight is 319 g/mol. The third-order valence-corrected chi connectivity index (χ3v) is 10.5. The maximum absolute atomic E-state index is 9.20. The van der Waals surface area contributed by atoms with Crippen LogP contribution in [0.4, 0.5) is 5.82 Å². The molecule has 0 bridgehead atoms. The molecule has 0 aromatic carbocycles. The summed E-state index contributed by atoms with van der Waals surface area (Å²) in [5.74, 6) is 1.13. The van der Waals surface area contributed by atoms with Crippen LogP contribution >= 0.6 is 0 Å². The van der Waals surface area contributed by atoms with Crippen LogP contribution in [-0.4, -0.2) is 21.5 Å². The van der Waals surface area contributed by atoms with Crippen molar-refractivity contribution >= 4 is 22.3 Å². The lowest BCUT2D eigenvalue weighted by Crippen LogP contribution is -2.60. The van der Waals surface area contributed by atoms with Crippen LogP contribution in [0.5, 0.6) is 0 Å². The molecule has 1 aromatic heterocycles. The Kier molecular flexibility index (Phi) is 5.44. The molecular weight excluding hydrogens is 292 g/mol. The molecule has 1 heterocycles. The number of anilines is 1. The van der Waals surface area contributed by atoms with Gasteiger partial charge in [0, 0.05) is 6.42 Å². The predicted octanol–water partition coefficient (Wildman–Crippen LogP) is 4.21. The number of aryl methyl sites for hydroxylation is 1. The van der Waals surface area contributed by atoms with E-state index in [-0.39, 0.29) is 0 Å². The summed E-state index contributed by atoms with van der Waals surface area (Å²) in [6.07, 6.45) is 2.26. The topological polar surface area (TPSA) is 66.6 Å². The summed E-state index contributed by atoms with van der Waals surface area (Å²) in [5, 5.41) is 17.9. The first-order valence-electron chi connectivity index (χ1n) is 7.40. The Morgan fingerprint density at radius 1 is 1.10 bits per heavy atom. The molecule has 1 rings (SSSR count). The monoisotopic (exact) mass is 318 g/mol. The molecule has 0 aliphatic rings. The molecule has 21 heavy (non-hydrogen) atoms. The van der Waals surface area contributed by atoms with Crippen LogP contribution in [-0.2, 0) is 6.42 Å². The van der Waals surface area contributed by atoms with Crippen molar-refractivity contribution in [2.75, 3.05) is 4.23 Å². The highest BCUT2D eigenvalue weighted by molar-refractivity contribution is 6.99. The summed E-state index contributed by atoms with van der Waals surface area (Å²) in [5.41, 5.74) is 1.81. The average Bonchev–Trinajstić information content (AvgIpc) is 2.69. The van der Waals surface area contributed by atoms with Gasteiger partial charge in [0.2, 0.25) is 0 Å². The lowest BCUT2D eigenvalue weighted by molar-refractivity contribution is 0.851. The summed E-state index contributed by atoms with van der Waals surface area (Å²) < 4.78 is 2.60. The fraction of sp³-hybridized carbons (Fsp3) is 0.600. The lowest BCUT2D eigenvalue weighted by atomic mass is 10.1. The highest BCUT2D eigenvalue weighted by Gasteiger charge is 2.36. The van der Waals surface area contributed by atoms with Crippen molar-refractivity contribution in [2.24, 2.45) is 0 Å². The summed E-state index contributed by atoms with van der Waals surface area (Å²) in [4.78, 5) is 3.32. The number of unbranched alkanes of at least 4 members (excludes halogenated alkanes) is 1. The van der Waals surface area contributed by atoms with Gasteiger partial charge >= 0.3 is 0 Å². The van der Waals surface area contributed by atoms with E-state index in [2.05, 4.69) is 60.6 Å². The number of nitrogens with one attached hydrogen (secondary N) is 1. The van der Waals surface area contributed by atoms with Gasteiger partial charge < -0.3 is 9.22 Å². The van der Waals surface area contributed by atoms with Crippen molar-refractivity contribution in [3.63, 3.8) is 0 Å². The van der Waals surface area contributed by atoms with Gasteiger partial charge in [0.25, 0.3) is 0 Å². The number of nitriles is 2. The summed E-state index contributed by atoms with van der Waals surface area (Å²) in [6.45, 7) is 14.1. The Bertz CT molecular complexity index is 550. The van der Waals surface area contributed by atoms with Crippen LogP contribution in [0.3, 0.4) is 0 Å². The van der Waals surface area contributed by atoms with E-state index in [1.165, 1.54) is 5.56 Å². The molecule has 114 valence electrons. The molecule has 0 radical (unpaired) electrons. The third kappa shape index (κ3) is 4.48. The zero-order valence-electron chi connectivity index (χ0n) is 14.0. The molecule has 0 saturated heterocycles. The second-order valence-electron chi connectivity index (χ2n) is 7.36. The van der Waals surface area contributed by atoms with Crippen molar-refractivity contribution < 1.29 is 0 Å². The van der Waals surface area contributed by atoms with Crippen molar-refractivity contribution in [3.05, 3.63) is 17.3 Å². The highest BCUT2D eigenvalue weighted by atomic mass is 28.4. The van der Waals surface area contributed by atoms with Crippen LogP contribution < -0.4 is 4.23 Å². The van der Waals surface area contributed by atoms with Crippen molar-refractivity contribution in [2.45, 2.75) is 58.5 Å². The van der Waals surface area contributed by atoms with E-state index in [1.54, 1.807) is 0 Å². The summed E-state index contributed by atoms with van der Waals surface area (Å²) >= 11 is 0. The molecule has 1 aromatic rings. The first kappa shape index (κ1) is 17.5. The molecule has 0 aliphatic heterocycles. The number of hydrogen-bond acceptors (Lipinski definition) is 3. The van der Waals surface area contributed by atoms with E-state index in [9.17, 15) is 5.26 Å². The maximum Gasteiger partial charge on any atom is 0.139 e. The van der Waals surface area contributed by atoms with E-state index < -0.39 is 16.5 Å². The second kappa shape index (κ2) is 6.51. The molecule has 0 atom stereocenters. The van der Waals surface area contributed by atoms with Gasteiger partial charge in [0.15, 0.2) is 0 Å². The fourth-order valence-corrected chi connectivity index (χ4v) is 12.8. The van der Waals surface area contributed by atoms with Crippen LogP contribution in [0.1, 0.15) is 24.1 Å². The zero-order chi connectivity index (χ0) is 16.3. The summed E-state index contributed by atoms with van der Waals surface area (Å²) in [7, 11) is -3.10. The quantitative estimate of drug-likeness (QED) is 0.631. The number of H-pyrrole nitrogens is 1. The van der Waals surface area contributed by atoms with Crippen molar-refractivity contribution in [3.8, 4) is 12.1 Å². The van der Waals surface area contributed by atoms with Gasteiger partial charge in [-0.15, -0.1) is 0 Å². The van der Waals surface area contributed by atoms with Gasteiger partial charge in [-0.2, -0.15) is 10.5 Å². The van der Waals surface area contributed by atoms with Gasteiger partial charge in [-0.3, -0.25) is 0 Å². The molecule has 0 saturated carbocycles. The molecule has 0 spiro atoms. The van der Waals surface area contributed by atoms with Gasteiger partial charge in [-0.05, 0) is 24.5 Å².